The minimum atomic E-state index is -1.71. The molecule has 0 aliphatic carbocycles. The van der Waals surface area contributed by atoms with Gasteiger partial charge in [0.25, 0.3) is 6.69 Å². The van der Waals surface area contributed by atoms with E-state index in [4.69, 9.17) is 22.2 Å². The number of rotatable bonds is 2. The Labute approximate surface area is 55.2 Å². The summed E-state index contributed by atoms with van der Waals surface area (Å²) in [6.07, 6.45) is 0. The van der Waals surface area contributed by atoms with Gasteiger partial charge in [0.05, 0.1) is 0 Å². The molecule has 0 saturated carbocycles. The molecule has 0 rings (SSSR count). The van der Waals surface area contributed by atoms with Crippen LogP contribution in [0.5, 0.6) is 0 Å². The summed E-state index contributed by atoms with van der Waals surface area (Å²) in [6, 6.07) is 1.93. The van der Waals surface area contributed by atoms with Crippen LogP contribution in [-0.4, -0.2) is 6.69 Å². The van der Waals surface area contributed by atoms with E-state index < -0.39 is 6.69 Å². The molecule has 0 aliphatic heterocycles. The van der Waals surface area contributed by atoms with E-state index >= 15 is 0 Å². The third kappa shape index (κ3) is 3.39. The van der Waals surface area contributed by atoms with Gasteiger partial charge in [-0.05, 0) is 12.1 Å². The highest BCUT2D eigenvalue weighted by atomic mass is 35.7. The fourth-order valence-corrected chi connectivity index (χ4v) is 0.750. The van der Waals surface area contributed by atoms with Crippen molar-refractivity contribution in [1.82, 2.24) is 0 Å². The second-order valence-electron chi connectivity index (χ2n) is 1.56. The molecule has 0 bridgehead atoms. The number of hydrogen-bond acceptors (Lipinski definition) is 0. The molecule has 0 fully saturated rings. The lowest BCUT2D eigenvalue weighted by Crippen LogP contribution is -2.13. The van der Waals surface area contributed by atoms with Gasteiger partial charge in [-0.3, -0.25) is 0 Å². The average molecular weight is 157 g/mol. The van der Waals surface area contributed by atoms with Gasteiger partial charge in [-0.1, -0.05) is 13.8 Å². The number of hydrogen-bond donors (Lipinski definition) is 0. The Kier molecular flexibility index (Phi) is 3.29. The van der Waals surface area contributed by atoms with Crippen LogP contribution >= 0.6 is 22.2 Å². The lowest BCUT2D eigenvalue weighted by atomic mass is 11.0. The molecule has 0 aliphatic rings. The molecule has 0 saturated heterocycles. The fourth-order valence-electron chi connectivity index (χ4n) is 0.250. The molecule has 0 aromatic carbocycles. The maximum atomic E-state index is 5.81. The summed E-state index contributed by atoms with van der Waals surface area (Å²) >= 11 is 11.6. The van der Waals surface area contributed by atoms with Crippen molar-refractivity contribution in [3.63, 3.8) is 0 Å². The Bertz CT molecular complexity index is 47.7. The van der Waals surface area contributed by atoms with Crippen molar-refractivity contribution in [1.29, 1.82) is 0 Å². The molecule has 0 N–H and O–H groups in total. The van der Waals surface area contributed by atoms with Gasteiger partial charge in [-0.15, -0.1) is 22.2 Å². The second kappa shape index (κ2) is 2.95. The molecule has 0 spiro atoms. The van der Waals surface area contributed by atoms with Gasteiger partial charge in [0, 0.05) is 0 Å². The van der Waals surface area contributed by atoms with E-state index in [0.29, 0.717) is 0 Å². The van der Waals surface area contributed by atoms with E-state index in [0.717, 1.165) is 12.1 Å². The molecule has 7 heavy (non-hydrogen) atoms. The highest BCUT2D eigenvalue weighted by molar-refractivity contribution is 7.45. The maximum absolute atomic E-state index is 5.81. The molecular formula is C4H10Cl2Si. The van der Waals surface area contributed by atoms with Crippen molar-refractivity contribution in [2.45, 2.75) is 25.9 Å². The van der Waals surface area contributed by atoms with Crippen LogP contribution in [-0.2, 0) is 0 Å². The van der Waals surface area contributed by atoms with Crippen LogP contribution in [0.3, 0.4) is 0 Å². The van der Waals surface area contributed by atoms with Crippen LogP contribution < -0.4 is 0 Å². The van der Waals surface area contributed by atoms with Crippen molar-refractivity contribution in [2.75, 3.05) is 0 Å². The predicted molar refractivity (Wildman–Crippen MR) is 38.4 cm³/mol. The van der Waals surface area contributed by atoms with Crippen molar-refractivity contribution in [3.05, 3.63) is 0 Å². The van der Waals surface area contributed by atoms with Gasteiger partial charge in [-0.2, -0.15) is 0 Å². The van der Waals surface area contributed by atoms with Crippen molar-refractivity contribution in [2.24, 2.45) is 0 Å². The minimum absolute atomic E-state index is 0.965. The first-order chi connectivity index (χ1) is 3.12. The van der Waals surface area contributed by atoms with E-state index in [2.05, 4.69) is 0 Å². The van der Waals surface area contributed by atoms with Gasteiger partial charge in [0.2, 0.25) is 0 Å². The zero-order chi connectivity index (χ0) is 5.91. The zero-order valence-corrected chi connectivity index (χ0v) is 7.18. The SMILES string of the molecule is CC[Si](Cl)(Cl)CC. The third-order valence-electron chi connectivity index (χ3n) is 1.03. The lowest BCUT2D eigenvalue weighted by molar-refractivity contribution is 1.33. The summed E-state index contributed by atoms with van der Waals surface area (Å²) in [6.45, 7) is 2.37. The Hall–Kier alpha value is 0.797. The normalized spacial score (nSPS) is 12.0. The Morgan fingerprint density at radius 3 is 1.43 bits per heavy atom. The smallest absolute Gasteiger partial charge is 0.146 e. The van der Waals surface area contributed by atoms with Crippen LogP contribution in [0.1, 0.15) is 13.8 Å². The van der Waals surface area contributed by atoms with Crippen LogP contribution in [0.15, 0.2) is 0 Å². The van der Waals surface area contributed by atoms with E-state index in [-0.39, 0.29) is 0 Å². The Morgan fingerprint density at radius 2 is 1.43 bits per heavy atom. The summed E-state index contributed by atoms with van der Waals surface area (Å²) in [5, 5.41) is 0. The maximum Gasteiger partial charge on any atom is 0.250 e. The highest BCUT2D eigenvalue weighted by Crippen LogP contribution is 2.23. The average Bonchev–Trinajstić information content (AvgIpc) is 1.68. The largest absolute Gasteiger partial charge is 0.250 e. The van der Waals surface area contributed by atoms with Crippen LogP contribution in [0.2, 0.25) is 12.1 Å². The van der Waals surface area contributed by atoms with E-state index in [1.807, 2.05) is 13.8 Å². The van der Waals surface area contributed by atoms with Crippen molar-refractivity contribution >= 4 is 28.9 Å². The molecule has 0 nitrogen and oxygen atoms in total. The topological polar surface area (TPSA) is 0 Å². The van der Waals surface area contributed by atoms with Crippen LogP contribution in [0.25, 0.3) is 0 Å². The standard InChI is InChI=1S/C4H10Cl2Si/c1-3-7(5,6)4-2/h3-4H2,1-2H3. The van der Waals surface area contributed by atoms with Gasteiger partial charge >= 0.3 is 0 Å². The van der Waals surface area contributed by atoms with Gasteiger partial charge in [0.1, 0.15) is 0 Å². The van der Waals surface area contributed by atoms with E-state index in [9.17, 15) is 0 Å². The van der Waals surface area contributed by atoms with Gasteiger partial charge in [-0.25, -0.2) is 0 Å². The molecular weight excluding hydrogens is 147 g/mol. The van der Waals surface area contributed by atoms with Crippen molar-refractivity contribution < 1.29 is 0 Å². The Balaban J connectivity index is 3.36. The Morgan fingerprint density at radius 1 is 1.14 bits per heavy atom. The molecule has 0 atom stereocenters. The number of halogens is 2. The van der Waals surface area contributed by atoms with Gasteiger partial charge < -0.3 is 0 Å². The molecule has 3 heteroatoms. The fraction of sp³-hybridized carbons (Fsp3) is 1.00. The summed E-state index contributed by atoms with van der Waals surface area (Å²) in [5.41, 5.74) is 0. The molecule has 0 amide bonds. The first-order valence-corrected chi connectivity index (χ1v) is 6.94. The van der Waals surface area contributed by atoms with E-state index in [1.54, 1.807) is 0 Å². The zero-order valence-electron chi connectivity index (χ0n) is 4.67. The highest BCUT2D eigenvalue weighted by Gasteiger charge is 2.21. The summed E-state index contributed by atoms with van der Waals surface area (Å²) in [5.74, 6) is 0. The third-order valence-corrected chi connectivity index (χ3v) is 6.31. The molecule has 0 aromatic rings. The van der Waals surface area contributed by atoms with Crippen molar-refractivity contribution in [3.8, 4) is 0 Å². The predicted octanol–water partition coefficient (Wildman–Crippen LogP) is 2.95. The van der Waals surface area contributed by atoms with Gasteiger partial charge in [0.15, 0.2) is 0 Å². The first kappa shape index (κ1) is 7.80. The quantitative estimate of drug-likeness (QED) is 0.427. The second-order valence-corrected chi connectivity index (χ2v) is 9.61. The molecule has 0 heterocycles. The first-order valence-electron chi connectivity index (χ1n) is 2.50. The van der Waals surface area contributed by atoms with Crippen LogP contribution in [0, 0.1) is 0 Å². The minimum Gasteiger partial charge on any atom is -0.146 e. The molecule has 0 aromatic heterocycles. The van der Waals surface area contributed by atoms with Crippen LogP contribution in [0.4, 0.5) is 0 Å². The molecule has 0 radical (unpaired) electrons. The lowest BCUT2D eigenvalue weighted by Gasteiger charge is -2.08. The monoisotopic (exact) mass is 156 g/mol. The van der Waals surface area contributed by atoms with E-state index in [1.165, 1.54) is 0 Å². The summed E-state index contributed by atoms with van der Waals surface area (Å²) < 4.78 is 0. The molecule has 0 unspecified atom stereocenters. The summed E-state index contributed by atoms with van der Waals surface area (Å²) in [4.78, 5) is 0. The molecule has 44 valence electrons. The summed E-state index contributed by atoms with van der Waals surface area (Å²) in [7, 11) is 0.